The fourth-order valence-corrected chi connectivity index (χ4v) is 6.70. The SMILES string of the molecule is C[C@H](C(=O)Nc1ccc(S(=O)(=O)N2CCCC2)cc1)N1CC[C@H]2CCCC[C@@H]2C1. The number of fused-ring (bicyclic) bond motifs is 1. The van der Waals surface area contributed by atoms with Crippen molar-refractivity contribution in [3.05, 3.63) is 24.3 Å². The molecule has 3 fully saturated rings. The molecular weight excluding hydrogens is 386 g/mol. The minimum atomic E-state index is -3.42. The van der Waals surface area contributed by atoms with E-state index < -0.39 is 10.0 Å². The maximum absolute atomic E-state index is 12.8. The molecule has 1 aromatic rings. The molecule has 3 atom stereocenters. The third-order valence-electron chi connectivity index (χ3n) is 7.07. The molecule has 2 aliphatic heterocycles. The van der Waals surface area contributed by atoms with Crippen molar-refractivity contribution in [3.63, 3.8) is 0 Å². The first kappa shape index (κ1) is 20.8. The van der Waals surface area contributed by atoms with Gasteiger partial charge in [-0.15, -0.1) is 0 Å². The van der Waals surface area contributed by atoms with Gasteiger partial charge in [-0.3, -0.25) is 9.69 Å². The van der Waals surface area contributed by atoms with E-state index in [0.717, 1.165) is 37.8 Å². The van der Waals surface area contributed by atoms with E-state index in [0.29, 0.717) is 23.7 Å². The fraction of sp³-hybridized carbons (Fsp3) is 0.682. The van der Waals surface area contributed by atoms with Gasteiger partial charge >= 0.3 is 0 Å². The van der Waals surface area contributed by atoms with Gasteiger partial charge in [0.1, 0.15) is 0 Å². The number of anilines is 1. The Hall–Kier alpha value is -1.44. The highest BCUT2D eigenvalue weighted by atomic mass is 32.2. The maximum atomic E-state index is 12.8. The number of sulfonamides is 1. The molecule has 2 heterocycles. The van der Waals surface area contributed by atoms with Crippen LogP contribution < -0.4 is 5.32 Å². The van der Waals surface area contributed by atoms with Crippen LogP contribution in [0.25, 0.3) is 0 Å². The highest BCUT2D eigenvalue weighted by Gasteiger charge is 2.34. The van der Waals surface area contributed by atoms with Crippen LogP contribution in [0.4, 0.5) is 5.69 Å². The highest BCUT2D eigenvalue weighted by Crippen LogP contribution is 2.36. The molecule has 0 spiro atoms. The van der Waals surface area contributed by atoms with Crippen LogP contribution in [0.15, 0.2) is 29.2 Å². The van der Waals surface area contributed by atoms with Gasteiger partial charge in [0.05, 0.1) is 10.9 Å². The van der Waals surface area contributed by atoms with Gasteiger partial charge in [0.2, 0.25) is 15.9 Å². The average molecular weight is 420 g/mol. The number of benzene rings is 1. The van der Waals surface area contributed by atoms with Crippen molar-refractivity contribution in [1.82, 2.24) is 9.21 Å². The van der Waals surface area contributed by atoms with Gasteiger partial charge in [-0.05, 0) is 75.3 Å². The van der Waals surface area contributed by atoms with E-state index in [4.69, 9.17) is 0 Å². The molecule has 1 aliphatic carbocycles. The molecule has 4 rings (SSSR count). The van der Waals surface area contributed by atoms with E-state index in [1.807, 2.05) is 6.92 Å². The summed E-state index contributed by atoms with van der Waals surface area (Å²) in [6, 6.07) is 6.41. The normalized spacial score (nSPS) is 27.3. The molecule has 1 aromatic carbocycles. The summed E-state index contributed by atoms with van der Waals surface area (Å²) in [5, 5.41) is 2.97. The lowest BCUT2D eigenvalue weighted by molar-refractivity contribution is -0.122. The van der Waals surface area contributed by atoms with E-state index in [9.17, 15) is 13.2 Å². The molecule has 0 bridgehead atoms. The molecule has 1 amide bonds. The van der Waals surface area contributed by atoms with E-state index >= 15 is 0 Å². The summed E-state index contributed by atoms with van der Waals surface area (Å²) in [7, 11) is -3.42. The molecule has 29 heavy (non-hydrogen) atoms. The second-order valence-corrected chi connectivity index (χ2v) is 10.8. The van der Waals surface area contributed by atoms with Gasteiger partial charge in [0, 0.05) is 25.3 Å². The summed E-state index contributed by atoms with van der Waals surface area (Å²) in [5.41, 5.74) is 0.648. The number of piperidine rings is 1. The Morgan fingerprint density at radius 1 is 0.966 bits per heavy atom. The third kappa shape index (κ3) is 4.52. The van der Waals surface area contributed by atoms with Crippen molar-refractivity contribution in [2.75, 3.05) is 31.5 Å². The first-order valence-electron chi connectivity index (χ1n) is 11.1. The lowest BCUT2D eigenvalue weighted by Gasteiger charge is -2.43. The van der Waals surface area contributed by atoms with E-state index in [1.165, 1.54) is 36.4 Å². The third-order valence-corrected chi connectivity index (χ3v) is 8.99. The lowest BCUT2D eigenvalue weighted by atomic mass is 9.75. The van der Waals surface area contributed by atoms with Crippen LogP contribution >= 0.6 is 0 Å². The van der Waals surface area contributed by atoms with Gasteiger partial charge in [0.15, 0.2) is 0 Å². The van der Waals surface area contributed by atoms with Crippen molar-refractivity contribution < 1.29 is 13.2 Å². The Balaban J connectivity index is 1.35. The largest absolute Gasteiger partial charge is 0.325 e. The summed E-state index contributed by atoms with van der Waals surface area (Å²) >= 11 is 0. The maximum Gasteiger partial charge on any atom is 0.243 e. The van der Waals surface area contributed by atoms with Crippen molar-refractivity contribution in [1.29, 1.82) is 0 Å². The van der Waals surface area contributed by atoms with Crippen LogP contribution in [-0.2, 0) is 14.8 Å². The number of nitrogens with one attached hydrogen (secondary N) is 1. The van der Waals surface area contributed by atoms with Gasteiger partial charge in [-0.1, -0.05) is 19.3 Å². The monoisotopic (exact) mass is 419 g/mol. The number of carbonyl (C=O) groups excluding carboxylic acids is 1. The highest BCUT2D eigenvalue weighted by molar-refractivity contribution is 7.89. The number of carbonyl (C=O) groups is 1. The smallest absolute Gasteiger partial charge is 0.243 e. The van der Waals surface area contributed by atoms with Crippen molar-refractivity contribution >= 4 is 21.6 Å². The van der Waals surface area contributed by atoms with Crippen molar-refractivity contribution in [2.45, 2.75) is 62.8 Å². The summed E-state index contributed by atoms with van der Waals surface area (Å²) in [4.78, 5) is 15.4. The van der Waals surface area contributed by atoms with Crippen LogP contribution in [0, 0.1) is 11.8 Å². The summed E-state index contributed by atoms with van der Waals surface area (Å²) < 4.78 is 26.8. The minimum absolute atomic E-state index is 0.0191. The number of nitrogens with zero attached hydrogens (tertiary/aromatic N) is 2. The average Bonchev–Trinajstić information content (AvgIpc) is 3.29. The topological polar surface area (TPSA) is 69.7 Å². The Kier molecular flexibility index (Phi) is 6.27. The predicted molar refractivity (Wildman–Crippen MR) is 114 cm³/mol. The molecule has 2 saturated heterocycles. The number of hydrogen-bond donors (Lipinski definition) is 1. The van der Waals surface area contributed by atoms with Crippen LogP contribution in [-0.4, -0.2) is 55.8 Å². The quantitative estimate of drug-likeness (QED) is 0.795. The molecule has 0 aromatic heterocycles. The molecule has 3 aliphatic rings. The van der Waals surface area contributed by atoms with Crippen LogP contribution in [0.2, 0.25) is 0 Å². The minimum Gasteiger partial charge on any atom is -0.325 e. The van der Waals surface area contributed by atoms with Crippen LogP contribution in [0.1, 0.15) is 51.9 Å². The second kappa shape index (κ2) is 8.74. The van der Waals surface area contributed by atoms with Crippen molar-refractivity contribution in [2.24, 2.45) is 11.8 Å². The van der Waals surface area contributed by atoms with E-state index in [1.54, 1.807) is 24.3 Å². The first-order valence-corrected chi connectivity index (χ1v) is 12.5. The number of amides is 1. The number of hydrogen-bond acceptors (Lipinski definition) is 4. The van der Waals surface area contributed by atoms with E-state index in [-0.39, 0.29) is 11.9 Å². The Bertz CT molecular complexity index is 818. The van der Waals surface area contributed by atoms with Crippen molar-refractivity contribution in [3.8, 4) is 0 Å². The fourth-order valence-electron chi connectivity index (χ4n) is 5.18. The molecular formula is C22H33N3O3S. The molecule has 160 valence electrons. The standard InChI is InChI=1S/C22H33N3O3S/c1-17(24-15-12-18-6-2-3-7-19(18)16-24)22(26)23-20-8-10-21(11-9-20)29(27,28)25-13-4-5-14-25/h8-11,17-19H,2-7,12-16H2,1H3,(H,23,26)/t17-,18-,19-/m1/s1. The summed E-state index contributed by atoms with van der Waals surface area (Å²) in [6.07, 6.45) is 8.37. The zero-order chi connectivity index (χ0) is 20.4. The molecule has 0 unspecified atom stereocenters. The molecule has 6 nitrogen and oxygen atoms in total. The van der Waals surface area contributed by atoms with Gasteiger partial charge < -0.3 is 5.32 Å². The second-order valence-electron chi connectivity index (χ2n) is 8.89. The molecule has 1 saturated carbocycles. The van der Waals surface area contributed by atoms with Crippen LogP contribution in [0.5, 0.6) is 0 Å². The Morgan fingerprint density at radius 3 is 2.31 bits per heavy atom. The molecule has 0 radical (unpaired) electrons. The van der Waals surface area contributed by atoms with Gasteiger partial charge in [-0.2, -0.15) is 4.31 Å². The Labute approximate surface area is 174 Å². The molecule has 7 heteroatoms. The molecule has 1 N–H and O–H groups in total. The summed E-state index contributed by atoms with van der Waals surface area (Å²) in [6.45, 7) is 5.17. The lowest BCUT2D eigenvalue weighted by Crippen LogP contribution is -2.49. The summed E-state index contributed by atoms with van der Waals surface area (Å²) in [5.74, 6) is 1.57. The predicted octanol–water partition coefficient (Wildman–Crippen LogP) is 3.31. The zero-order valence-corrected chi connectivity index (χ0v) is 18.2. The van der Waals surface area contributed by atoms with Gasteiger partial charge in [0.25, 0.3) is 0 Å². The number of rotatable bonds is 5. The first-order chi connectivity index (χ1) is 13.9. The van der Waals surface area contributed by atoms with Gasteiger partial charge in [-0.25, -0.2) is 8.42 Å². The number of likely N-dealkylation sites (tertiary alicyclic amines) is 1. The van der Waals surface area contributed by atoms with Crippen LogP contribution in [0.3, 0.4) is 0 Å². The Morgan fingerprint density at radius 2 is 1.62 bits per heavy atom. The zero-order valence-electron chi connectivity index (χ0n) is 17.3. The van der Waals surface area contributed by atoms with E-state index in [2.05, 4.69) is 10.2 Å².